The maximum absolute atomic E-state index is 13.0. The van der Waals surface area contributed by atoms with E-state index in [9.17, 15) is 33.6 Å². The Hall–Kier alpha value is -3.95. The third-order valence-corrected chi connectivity index (χ3v) is 8.47. The van der Waals surface area contributed by atoms with Crippen LogP contribution in [0.2, 0.25) is 0 Å². The Morgan fingerprint density at radius 1 is 0.519 bits per heavy atom. The summed E-state index contributed by atoms with van der Waals surface area (Å²) in [5.41, 5.74) is 5.44. The fourth-order valence-corrected chi connectivity index (χ4v) is 5.09. The first kappa shape index (κ1) is 50.1. The molecule has 0 spiro atoms. The van der Waals surface area contributed by atoms with Gasteiger partial charge in [0.1, 0.15) is 18.1 Å². The highest BCUT2D eigenvalue weighted by Gasteiger charge is 2.28. The lowest BCUT2D eigenvalue weighted by Gasteiger charge is -2.21. The van der Waals surface area contributed by atoms with E-state index in [1.54, 1.807) is 0 Å². The number of nitrogens with one attached hydrogen (secondary N) is 5. The summed E-state index contributed by atoms with van der Waals surface area (Å²) in [4.78, 5) is 87.4. The first-order valence-electron chi connectivity index (χ1n) is 20.0. The summed E-state index contributed by atoms with van der Waals surface area (Å²) in [6, 6.07) is -3.81. The lowest BCUT2D eigenvalue weighted by Crippen LogP contribution is -2.52. The smallest absolute Gasteiger partial charge is 0.328 e. The molecule has 0 radical (unpaired) electrons. The molecule has 0 aliphatic carbocycles. The molecule has 0 aromatic heterocycles. The second-order valence-electron chi connectivity index (χ2n) is 13.4. The number of ether oxygens (including phenoxy) is 3. The second-order valence-corrected chi connectivity index (χ2v) is 13.4. The summed E-state index contributed by atoms with van der Waals surface area (Å²) in [7, 11) is 1.86. The van der Waals surface area contributed by atoms with Crippen molar-refractivity contribution >= 4 is 41.7 Å². The molecular weight excluding hydrogens is 700 g/mol. The monoisotopic (exact) mass is 771 g/mol. The van der Waals surface area contributed by atoms with Crippen LogP contribution in [-0.4, -0.2) is 99.7 Å². The van der Waals surface area contributed by atoms with Gasteiger partial charge in [-0.3, -0.25) is 19.2 Å². The van der Waals surface area contributed by atoms with Gasteiger partial charge in [-0.2, -0.15) is 0 Å². The maximum atomic E-state index is 13.0. The van der Waals surface area contributed by atoms with Crippen LogP contribution in [0.4, 0.5) is 4.79 Å². The molecule has 0 aromatic rings. The molecular formula is C38H70N6O10. The van der Waals surface area contributed by atoms with Gasteiger partial charge in [-0.25, -0.2) is 14.4 Å². The van der Waals surface area contributed by atoms with E-state index in [2.05, 4.69) is 26.6 Å². The normalized spacial score (nSPS) is 12.4. The Morgan fingerprint density at radius 3 is 1.59 bits per heavy atom. The van der Waals surface area contributed by atoms with Gasteiger partial charge in [0.25, 0.3) is 0 Å². The number of urea groups is 1. The molecule has 54 heavy (non-hydrogen) atoms. The highest BCUT2D eigenvalue weighted by Crippen LogP contribution is 2.09. The number of nitrogens with two attached hydrogens (primary N) is 1. The lowest BCUT2D eigenvalue weighted by molar-refractivity contribution is -0.147. The molecule has 312 valence electrons. The molecule has 0 fully saturated rings. The van der Waals surface area contributed by atoms with Crippen LogP contribution < -0.4 is 32.3 Å². The van der Waals surface area contributed by atoms with Crippen LogP contribution in [-0.2, 0) is 43.0 Å². The Kier molecular flexibility index (Phi) is 31.1. The van der Waals surface area contributed by atoms with Crippen molar-refractivity contribution < 1.29 is 47.8 Å². The van der Waals surface area contributed by atoms with Gasteiger partial charge in [-0.05, 0) is 77.8 Å². The summed E-state index contributed by atoms with van der Waals surface area (Å²) in [5, 5.41) is 13.7. The van der Waals surface area contributed by atoms with E-state index in [-0.39, 0.29) is 57.3 Å². The van der Waals surface area contributed by atoms with E-state index in [1.807, 2.05) is 27.8 Å². The van der Waals surface area contributed by atoms with E-state index in [1.165, 1.54) is 0 Å². The van der Waals surface area contributed by atoms with Crippen LogP contribution in [0.25, 0.3) is 0 Å². The Labute approximate surface area is 322 Å². The van der Waals surface area contributed by atoms with E-state index >= 15 is 0 Å². The van der Waals surface area contributed by atoms with E-state index in [4.69, 9.17) is 19.9 Å². The minimum Gasteiger partial charge on any atom is -0.466 e. The zero-order valence-corrected chi connectivity index (χ0v) is 33.4. The standard InChI is InChI=1S/C38H70N6O10/c1-5-8-26-52-34(47)23-21-31(37(50)54-28-10-7-3)44-38(51)43-30(36(49)53-27-9-6-2)20-22-32(45)41-25-16-13-11-12-14-19-33(46)42-29(35(39)48)18-15-17-24-40-4/h29-31,40H,5-28H2,1-4H3,(H2,39,48)(H,41,45)(H,42,46)(H2,43,44,51). The maximum Gasteiger partial charge on any atom is 0.328 e. The molecule has 3 atom stereocenters. The third kappa shape index (κ3) is 27.6. The van der Waals surface area contributed by atoms with Crippen LogP contribution in [0.3, 0.4) is 0 Å². The van der Waals surface area contributed by atoms with Crippen molar-refractivity contribution in [3.8, 4) is 0 Å². The van der Waals surface area contributed by atoms with Crippen molar-refractivity contribution in [1.29, 1.82) is 0 Å². The molecule has 3 unspecified atom stereocenters. The number of carbonyl (C=O) groups is 7. The molecule has 0 bridgehead atoms. The van der Waals surface area contributed by atoms with Gasteiger partial charge < -0.3 is 46.5 Å². The quantitative estimate of drug-likeness (QED) is 0.0315. The highest BCUT2D eigenvalue weighted by atomic mass is 16.5. The largest absolute Gasteiger partial charge is 0.466 e. The van der Waals surface area contributed by atoms with E-state index in [0.29, 0.717) is 45.1 Å². The molecule has 16 heteroatoms. The zero-order valence-electron chi connectivity index (χ0n) is 33.4. The van der Waals surface area contributed by atoms with Crippen LogP contribution in [0.1, 0.15) is 143 Å². The minimum atomic E-state index is -1.16. The van der Waals surface area contributed by atoms with Gasteiger partial charge >= 0.3 is 23.9 Å². The Balaban J connectivity index is 4.83. The van der Waals surface area contributed by atoms with E-state index < -0.39 is 48.0 Å². The first-order valence-corrected chi connectivity index (χ1v) is 20.0. The lowest BCUT2D eigenvalue weighted by atomic mass is 10.1. The van der Waals surface area contributed by atoms with Crippen molar-refractivity contribution in [2.75, 3.05) is 40.0 Å². The van der Waals surface area contributed by atoms with Crippen LogP contribution in [0.15, 0.2) is 0 Å². The fraction of sp³-hybridized carbons (Fsp3) is 0.816. The predicted octanol–water partition coefficient (Wildman–Crippen LogP) is 3.43. The molecule has 0 aliphatic rings. The van der Waals surface area contributed by atoms with Crippen molar-refractivity contribution in [2.24, 2.45) is 5.73 Å². The van der Waals surface area contributed by atoms with Gasteiger partial charge in [0.05, 0.1) is 19.8 Å². The third-order valence-electron chi connectivity index (χ3n) is 8.47. The van der Waals surface area contributed by atoms with Crippen molar-refractivity contribution in [3.05, 3.63) is 0 Å². The summed E-state index contributed by atoms with van der Waals surface area (Å²) < 4.78 is 15.8. The molecule has 16 nitrogen and oxygen atoms in total. The number of hydrogen-bond donors (Lipinski definition) is 6. The first-order chi connectivity index (χ1) is 26.0. The number of hydrogen-bond acceptors (Lipinski definition) is 11. The van der Waals surface area contributed by atoms with Gasteiger partial charge in [0.15, 0.2) is 0 Å². The summed E-state index contributed by atoms with van der Waals surface area (Å²) in [6.45, 7) is 7.70. The number of primary amides is 1. The van der Waals surface area contributed by atoms with E-state index in [0.717, 1.165) is 64.3 Å². The molecule has 0 aliphatic heterocycles. The summed E-state index contributed by atoms with van der Waals surface area (Å²) >= 11 is 0. The topological polar surface area (TPSA) is 233 Å². The molecule has 0 rings (SSSR count). The number of amides is 5. The van der Waals surface area contributed by atoms with Crippen molar-refractivity contribution in [2.45, 2.75) is 161 Å². The Bertz CT molecular complexity index is 1090. The number of rotatable bonds is 34. The van der Waals surface area contributed by atoms with Gasteiger partial charge in [-0.15, -0.1) is 0 Å². The number of esters is 3. The molecule has 7 N–H and O–H groups in total. The molecule has 0 aromatic carbocycles. The van der Waals surface area contributed by atoms with Gasteiger partial charge in [0, 0.05) is 25.8 Å². The molecule has 0 saturated heterocycles. The fourth-order valence-electron chi connectivity index (χ4n) is 5.09. The van der Waals surface area contributed by atoms with Gasteiger partial charge in [-0.1, -0.05) is 59.3 Å². The predicted molar refractivity (Wildman–Crippen MR) is 205 cm³/mol. The van der Waals surface area contributed by atoms with Crippen molar-refractivity contribution in [1.82, 2.24) is 26.6 Å². The summed E-state index contributed by atoms with van der Waals surface area (Å²) in [6.07, 6.45) is 10.6. The molecule has 0 saturated carbocycles. The van der Waals surface area contributed by atoms with Gasteiger partial charge in [0.2, 0.25) is 17.7 Å². The SMILES string of the molecule is CCCCOC(=O)CCC(NC(=O)NC(CCC(=O)NCCCCCCCC(=O)NC(CCCCNC)C(N)=O)C(=O)OCCCC)C(=O)OCCCC. The summed E-state index contributed by atoms with van der Waals surface area (Å²) in [5.74, 6) is -2.91. The average Bonchev–Trinajstić information content (AvgIpc) is 3.14. The number of unbranched alkanes of at least 4 members (excludes halogenated alkanes) is 8. The minimum absolute atomic E-state index is 0.0335. The van der Waals surface area contributed by atoms with Crippen LogP contribution in [0, 0.1) is 0 Å². The average molecular weight is 771 g/mol. The van der Waals surface area contributed by atoms with Crippen LogP contribution in [0.5, 0.6) is 0 Å². The molecule has 5 amide bonds. The molecule has 0 heterocycles. The Morgan fingerprint density at radius 2 is 1.04 bits per heavy atom. The number of carbonyl (C=O) groups excluding carboxylic acids is 7. The zero-order chi connectivity index (χ0) is 40.4. The second kappa shape index (κ2) is 33.6. The van der Waals surface area contributed by atoms with Crippen molar-refractivity contribution in [3.63, 3.8) is 0 Å². The van der Waals surface area contributed by atoms with Crippen LogP contribution >= 0.6 is 0 Å². The highest BCUT2D eigenvalue weighted by molar-refractivity contribution is 5.88.